The number of benzene rings is 1. The molecule has 0 bridgehead atoms. The van der Waals surface area contributed by atoms with Gasteiger partial charge in [-0.3, -0.25) is 0 Å². The molecule has 23 heavy (non-hydrogen) atoms. The van der Waals surface area contributed by atoms with Crippen molar-refractivity contribution in [3.63, 3.8) is 0 Å². The van der Waals surface area contributed by atoms with Gasteiger partial charge in [0.15, 0.2) is 0 Å². The van der Waals surface area contributed by atoms with Crippen molar-refractivity contribution < 1.29 is 9.53 Å². The van der Waals surface area contributed by atoms with E-state index in [0.29, 0.717) is 33.2 Å². The lowest BCUT2D eigenvalue weighted by molar-refractivity contribution is 0.0529. The first-order valence-electron chi connectivity index (χ1n) is 6.73. The molecule has 3 aromatic rings. The van der Waals surface area contributed by atoms with Crippen molar-refractivity contribution in [1.82, 2.24) is 9.97 Å². The van der Waals surface area contributed by atoms with Gasteiger partial charge in [-0.1, -0.05) is 17.7 Å². The van der Waals surface area contributed by atoms with Gasteiger partial charge in [-0.2, -0.15) is 4.98 Å². The van der Waals surface area contributed by atoms with Crippen LogP contribution < -0.4 is 5.32 Å². The zero-order valence-corrected chi connectivity index (χ0v) is 14.3. The van der Waals surface area contributed by atoms with Crippen molar-refractivity contribution in [2.75, 3.05) is 11.9 Å². The van der Waals surface area contributed by atoms with Crippen molar-refractivity contribution >= 4 is 62.2 Å². The van der Waals surface area contributed by atoms with Crippen LogP contribution in [0.3, 0.4) is 0 Å². The van der Waals surface area contributed by atoms with Gasteiger partial charge >= 0.3 is 5.97 Å². The minimum absolute atomic E-state index is 0.0966. The fourth-order valence-corrected chi connectivity index (χ4v) is 3.38. The second kappa shape index (κ2) is 6.70. The van der Waals surface area contributed by atoms with Gasteiger partial charge in [0.25, 0.3) is 0 Å². The first-order valence-corrected chi connectivity index (χ1v) is 8.36. The molecule has 0 aliphatic carbocycles. The number of nitrogens with zero attached hydrogens (tertiary/aromatic N) is 2. The lowest BCUT2D eigenvalue weighted by Gasteiger charge is -2.09. The Labute approximate surface area is 146 Å². The molecule has 8 heteroatoms. The predicted octanol–water partition coefficient (Wildman–Crippen LogP) is 4.92. The SMILES string of the molecule is CCOC(=O)c1csc2nc(Cl)nc(Nc3cccc(Cl)c3)c12. The number of halogens is 2. The monoisotopic (exact) mass is 367 g/mol. The first kappa shape index (κ1) is 16.0. The summed E-state index contributed by atoms with van der Waals surface area (Å²) in [7, 11) is 0. The molecular formula is C15H11Cl2N3O2S. The molecule has 1 aromatic carbocycles. The van der Waals surface area contributed by atoms with Gasteiger partial charge in [-0.05, 0) is 36.7 Å². The maximum Gasteiger partial charge on any atom is 0.339 e. The smallest absolute Gasteiger partial charge is 0.339 e. The molecule has 1 N–H and O–H groups in total. The van der Waals surface area contributed by atoms with E-state index in [1.165, 1.54) is 11.3 Å². The minimum atomic E-state index is -0.418. The molecule has 0 radical (unpaired) electrons. The average Bonchev–Trinajstić information content (AvgIpc) is 2.91. The summed E-state index contributed by atoms with van der Waals surface area (Å²) in [5.74, 6) is 0.0189. The van der Waals surface area contributed by atoms with Gasteiger partial charge in [0.05, 0.1) is 17.6 Å². The molecule has 5 nitrogen and oxygen atoms in total. The van der Waals surface area contributed by atoms with Crippen LogP contribution in [0.1, 0.15) is 17.3 Å². The van der Waals surface area contributed by atoms with Gasteiger partial charge in [0, 0.05) is 16.1 Å². The topological polar surface area (TPSA) is 64.1 Å². The highest BCUT2D eigenvalue weighted by Gasteiger charge is 2.19. The number of carbonyl (C=O) groups excluding carboxylic acids is 1. The van der Waals surface area contributed by atoms with Crippen molar-refractivity contribution in [2.45, 2.75) is 6.92 Å². The quantitative estimate of drug-likeness (QED) is 0.523. The Bertz CT molecular complexity index is 882. The fraction of sp³-hybridized carbons (Fsp3) is 0.133. The van der Waals surface area contributed by atoms with Gasteiger partial charge < -0.3 is 10.1 Å². The van der Waals surface area contributed by atoms with Crippen LogP contribution in [0.2, 0.25) is 10.3 Å². The number of thiophene rings is 1. The number of rotatable bonds is 4. The zero-order chi connectivity index (χ0) is 16.4. The molecule has 0 saturated heterocycles. The summed E-state index contributed by atoms with van der Waals surface area (Å²) in [5.41, 5.74) is 1.14. The van der Waals surface area contributed by atoms with Crippen LogP contribution in [0.4, 0.5) is 11.5 Å². The first-order chi connectivity index (χ1) is 11.1. The summed E-state index contributed by atoms with van der Waals surface area (Å²) in [4.78, 5) is 21.1. The third-order valence-corrected chi connectivity index (χ3v) is 4.27. The van der Waals surface area contributed by atoms with E-state index in [1.807, 2.05) is 12.1 Å². The number of hydrogen-bond donors (Lipinski definition) is 1. The van der Waals surface area contributed by atoms with Crippen LogP contribution in [0.25, 0.3) is 10.2 Å². The number of nitrogens with one attached hydrogen (secondary N) is 1. The highest BCUT2D eigenvalue weighted by molar-refractivity contribution is 7.17. The highest BCUT2D eigenvalue weighted by Crippen LogP contribution is 2.33. The zero-order valence-electron chi connectivity index (χ0n) is 12.0. The minimum Gasteiger partial charge on any atom is -0.462 e. The van der Waals surface area contributed by atoms with E-state index in [0.717, 1.165) is 5.69 Å². The van der Waals surface area contributed by atoms with E-state index in [1.54, 1.807) is 24.4 Å². The molecule has 0 amide bonds. The number of carbonyl (C=O) groups is 1. The largest absolute Gasteiger partial charge is 0.462 e. The second-order valence-corrected chi connectivity index (χ2v) is 6.16. The Morgan fingerprint density at radius 3 is 2.91 bits per heavy atom. The lowest BCUT2D eigenvalue weighted by atomic mass is 10.2. The summed E-state index contributed by atoms with van der Waals surface area (Å²) in [5, 5.41) is 6.09. The van der Waals surface area contributed by atoms with Crippen LogP contribution >= 0.6 is 34.5 Å². The molecule has 0 aliphatic rings. The molecule has 0 saturated carbocycles. The number of anilines is 2. The Morgan fingerprint density at radius 2 is 2.17 bits per heavy atom. The molecule has 3 rings (SSSR count). The number of aromatic nitrogens is 2. The Kier molecular flexibility index (Phi) is 4.66. The lowest BCUT2D eigenvalue weighted by Crippen LogP contribution is -2.05. The summed E-state index contributed by atoms with van der Waals surface area (Å²) in [6.07, 6.45) is 0. The van der Waals surface area contributed by atoms with E-state index < -0.39 is 5.97 Å². The van der Waals surface area contributed by atoms with E-state index in [9.17, 15) is 4.79 Å². The van der Waals surface area contributed by atoms with Gasteiger partial charge in [-0.15, -0.1) is 11.3 Å². The van der Waals surface area contributed by atoms with E-state index in [4.69, 9.17) is 27.9 Å². The molecule has 0 fully saturated rings. The van der Waals surface area contributed by atoms with Crippen LogP contribution in [-0.2, 0) is 4.74 Å². The molecule has 0 atom stereocenters. The van der Waals surface area contributed by atoms with Crippen LogP contribution in [-0.4, -0.2) is 22.5 Å². The molecule has 118 valence electrons. The molecule has 0 aliphatic heterocycles. The normalized spacial score (nSPS) is 10.7. The fourth-order valence-electron chi connectivity index (χ4n) is 2.07. The van der Waals surface area contributed by atoms with Crippen LogP contribution in [0.15, 0.2) is 29.6 Å². The molecule has 0 spiro atoms. The van der Waals surface area contributed by atoms with Crippen LogP contribution in [0.5, 0.6) is 0 Å². The van der Waals surface area contributed by atoms with Gasteiger partial charge in [0.1, 0.15) is 10.6 Å². The summed E-state index contributed by atoms with van der Waals surface area (Å²) >= 11 is 13.3. The second-order valence-electron chi connectivity index (χ2n) is 4.53. The maximum atomic E-state index is 12.1. The standard InChI is InChI=1S/C15H11Cl2N3O2S/c1-2-22-14(21)10-7-23-13-11(10)12(19-15(17)20-13)18-9-5-3-4-8(16)6-9/h3-7H,2H2,1H3,(H,18,19,20). The molecule has 2 aromatic heterocycles. The highest BCUT2D eigenvalue weighted by atomic mass is 35.5. The van der Waals surface area contributed by atoms with E-state index >= 15 is 0 Å². The molecular weight excluding hydrogens is 357 g/mol. The Morgan fingerprint density at radius 1 is 1.35 bits per heavy atom. The summed E-state index contributed by atoms with van der Waals surface area (Å²) < 4.78 is 5.08. The van der Waals surface area contributed by atoms with Gasteiger partial charge in [-0.25, -0.2) is 9.78 Å². The summed E-state index contributed by atoms with van der Waals surface area (Å²) in [6, 6.07) is 7.17. The number of ether oxygens (including phenoxy) is 1. The third kappa shape index (κ3) is 3.39. The van der Waals surface area contributed by atoms with Crippen molar-refractivity contribution in [2.24, 2.45) is 0 Å². The maximum absolute atomic E-state index is 12.1. The average molecular weight is 368 g/mol. The van der Waals surface area contributed by atoms with Crippen molar-refractivity contribution in [3.8, 4) is 0 Å². The van der Waals surface area contributed by atoms with Crippen molar-refractivity contribution in [1.29, 1.82) is 0 Å². The molecule has 2 heterocycles. The third-order valence-electron chi connectivity index (χ3n) is 2.99. The molecule has 0 unspecified atom stereocenters. The van der Waals surface area contributed by atoms with Crippen molar-refractivity contribution in [3.05, 3.63) is 45.5 Å². The summed E-state index contributed by atoms with van der Waals surface area (Å²) in [6.45, 7) is 2.05. The number of fused-ring (bicyclic) bond motifs is 1. The van der Waals surface area contributed by atoms with E-state index in [2.05, 4.69) is 15.3 Å². The number of esters is 1. The van der Waals surface area contributed by atoms with E-state index in [-0.39, 0.29) is 5.28 Å². The van der Waals surface area contributed by atoms with Crippen LogP contribution in [0, 0.1) is 0 Å². The Hall–Kier alpha value is -1.89. The Balaban J connectivity index is 2.11. The van der Waals surface area contributed by atoms with Gasteiger partial charge in [0.2, 0.25) is 5.28 Å². The number of hydrogen-bond acceptors (Lipinski definition) is 6. The predicted molar refractivity (Wildman–Crippen MR) is 93.1 cm³/mol.